The first-order chi connectivity index (χ1) is 10.5. The molecule has 3 N–H and O–H groups in total. The molecule has 7 nitrogen and oxygen atoms in total. The lowest BCUT2D eigenvalue weighted by Gasteiger charge is -2.31. The van der Waals surface area contributed by atoms with Crippen molar-refractivity contribution in [2.75, 3.05) is 13.1 Å². The van der Waals surface area contributed by atoms with Gasteiger partial charge in [-0.1, -0.05) is 12.1 Å². The van der Waals surface area contributed by atoms with E-state index in [1.807, 2.05) is 0 Å². The highest BCUT2D eigenvalue weighted by molar-refractivity contribution is 6.07. The van der Waals surface area contributed by atoms with E-state index >= 15 is 0 Å². The van der Waals surface area contributed by atoms with E-state index in [0.29, 0.717) is 31.5 Å². The van der Waals surface area contributed by atoms with E-state index in [1.165, 1.54) is 17.0 Å². The number of carbonyl (C=O) groups is 3. The lowest BCUT2D eigenvalue weighted by molar-refractivity contribution is -0.132. The molecule has 0 unspecified atom stereocenters. The van der Waals surface area contributed by atoms with Gasteiger partial charge >= 0.3 is 12.0 Å². The summed E-state index contributed by atoms with van der Waals surface area (Å²) in [5.41, 5.74) is -0.0391. The van der Waals surface area contributed by atoms with Crippen molar-refractivity contribution in [3.05, 3.63) is 35.4 Å². The maximum Gasteiger partial charge on any atom is 0.335 e. The van der Waals surface area contributed by atoms with E-state index < -0.39 is 17.5 Å². The van der Waals surface area contributed by atoms with Crippen LogP contribution >= 0.6 is 0 Å². The summed E-state index contributed by atoms with van der Waals surface area (Å²) in [6, 6.07) is 5.87. The molecule has 116 valence electrons. The number of carboxylic acids is 1. The lowest BCUT2D eigenvalue weighted by atomic mass is 9.88. The van der Waals surface area contributed by atoms with Crippen molar-refractivity contribution in [1.82, 2.24) is 15.5 Å². The van der Waals surface area contributed by atoms with Crippen LogP contribution in [0.3, 0.4) is 0 Å². The minimum Gasteiger partial charge on any atom is -0.478 e. The molecule has 1 aromatic rings. The van der Waals surface area contributed by atoms with Crippen molar-refractivity contribution in [1.29, 1.82) is 0 Å². The number of hydrogen-bond acceptors (Lipinski definition) is 4. The Morgan fingerprint density at radius 1 is 1.27 bits per heavy atom. The fourth-order valence-corrected chi connectivity index (χ4v) is 3.00. The van der Waals surface area contributed by atoms with Gasteiger partial charge in [-0.15, -0.1) is 0 Å². The number of piperidine rings is 1. The zero-order chi connectivity index (χ0) is 15.7. The third-order valence-corrected chi connectivity index (χ3v) is 4.22. The summed E-state index contributed by atoms with van der Waals surface area (Å²) in [7, 11) is 0. The molecule has 2 heterocycles. The molecule has 7 heteroatoms. The number of urea groups is 1. The molecule has 1 aromatic carbocycles. The Morgan fingerprint density at radius 2 is 2.00 bits per heavy atom. The third kappa shape index (κ3) is 2.43. The van der Waals surface area contributed by atoms with E-state index in [9.17, 15) is 14.4 Å². The van der Waals surface area contributed by atoms with Crippen molar-refractivity contribution in [2.24, 2.45) is 0 Å². The van der Waals surface area contributed by atoms with Gasteiger partial charge in [0.15, 0.2) is 0 Å². The Morgan fingerprint density at radius 3 is 2.68 bits per heavy atom. The number of nitrogens with one attached hydrogen (secondary N) is 2. The number of aromatic carboxylic acids is 1. The van der Waals surface area contributed by atoms with Crippen molar-refractivity contribution < 1.29 is 19.5 Å². The first kappa shape index (κ1) is 14.5. The van der Waals surface area contributed by atoms with Crippen LogP contribution < -0.4 is 10.6 Å². The maximum atomic E-state index is 12.6. The molecule has 0 saturated carbocycles. The molecule has 3 rings (SSSR count). The van der Waals surface area contributed by atoms with Crippen LogP contribution in [-0.4, -0.2) is 46.5 Å². The summed E-state index contributed by atoms with van der Waals surface area (Å²) in [5, 5.41) is 15.0. The van der Waals surface area contributed by atoms with Gasteiger partial charge in [-0.05, 0) is 43.6 Å². The molecular formula is C15H17N3O4. The summed E-state index contributed by atoms with van der Waals surface area (Å²) in [4.78, 5) is 36.9. The predicted octanol–water partition coefficient (Wildman–Crippen LogP) is 0.559. The second-order valence-corrected chi connectivity index (χ2v) is 5.66. The van der Waals surface area contributed by atoms with Crippen LogP contribution in [0.5, 0.6) is 0 Å². The van der Waals surface area contributed by atoms with Crippen molar-refractivity contribution in [3.8, 4) is 0 Å². The van der Waals surface area contributed by atoms with Gasteiger partial charge in [-0.25, -0.2) is 9.59 Å². The van der Waals surface area contributed by atoms with Crippen LogP contribution in [0, 0.1) is 0 Å². The highest BCUT2D eigenvalue weighted by atomic mass is 16.4. The molecule has 22 heavy (non-hydrogen) atoms. The molecule has 2 aliphatic heterocycles. The minimum absolute atomic E-state index is 0.0843. The van der Waals surface area contributed by atoms with Crippen LogP contribution in [0.2, 0.25) is 0 Å². The number of nitrogens with zero attached hydrogens (tertiary/aromatic N) is 1. The van der Waals surface area contributed by atoms with Gasteiger partial charge in [0.25, 0.3) is 5.91 Å². The van der Waals surface area contributed by atoms with Crippen molar-refractivity contribution >= 4 is 17.9 Å². The number of carbonyl (C=O) groups excluding carboxylic acids is 2. The summed E-state index contributed by atoms with van der Waals surface area (Å²) in [6.45, 7) is 1.46. The summed E-state index contributed by atoms with van der Waals surface area (Å²) in [5.74, 6) is -1.26. The summed E-state index contributed by atoms with van der Waals surface area (Å²) < 4.78 is 0. The summed E-state index contributed by atoms with van der Waals surface area (Å²) in [6.07, 6.45) is 1.15. The smallest absolute Gasteiger partial charge is 0.335 e. The topological polar surface area (TPSA) is 98.7 Å². The second-order valence-electron chi connectivity index (χ2n) is 5.66. The first-order valence-electron chi connectivity index (χ1n) is 7.19. The van der Waals surface area contributed by atoms with Gasteiger partial charge in [-0.2, -0.15) is 0 Å². The fourth-order valence-electron chi connectivity index (χ4n) is 3.00. The molecule has 0 bridgehead atoms. The molecule has 2 fully saturated rings. The predicted molar refractivity (Wildman–Crippen MR) is 77.3 cm³/mol. The van der Waals surface area contributed by atoms with Gasteiger partial charge in [0.2, 0.25) is 0 Å². The number of benzene rings is 1. The van der Waals surface area contributed by atoms with Crippen molar-refractivity contribution in [2.45, 2.75) is 24.9 Å². The van der Waals surface area contributed by atoms with Gasteiger partial charge in [0.05, 0.1) is 12.1 Å². The Kier molecular flexibility index (Phi) is 3.58. The lowest BCUT2D eigenvalue weighted by Crippen LogP contribution is -2.53. The molecule has 0 aliphatic carbocycles. The van der Waals surface area contributed by atoms with Crippen LogP contribution in [0.25, 0.3) is 0 Å². The number of imide groups is 1. The number of carboxylic acid groups (broad SMARTS) is 1. The van der Waals surface area contributed by atoms with E-state index in [1.54, 1.807) is 12.1 Å². The van der Waals surface area contributed by atoms with Gasteiger partial charge in [-0.3, -0.25) is 9.69 Å². The van der Waals surface area contributed by atoms with E-state index in [4.69, 9.17) is 5.11 Å². The van der Waals surface area contributed by atoms with E-state index in [0.717, 1.165) is 0 Å². The van der Waals surface area contributed by atoms with E-state index in [2.05, 4.69) is 10.6 Å². The highest BCUT2D eigenvalue weighted by Crippen LogP contribution is 2.28. The quantitative estimate of drug-likeness (QED) is 0.709. The Bertz CT molecular complexity index is 637. The van der Waals surface area contributed by atoms with Crippen LogP contribution in [-0.2, 0) is 11.3 Å². The van der Waals surface area contributed by atoms with Crippen molar-refractivity contribution in [3.63, 3.8) is 0 Å². The molecule has 3 amide bonds. The summed E-state index contributed by atoms with van der Waals surface area (Å²) >= 11 is 0. The van der Waals surface area contributed by atoms with E-state index in [-0.39, 0.29) is 18.0 Å². The SMILES string of the molecule is O=C(O)c1cccc(CN2C(=O)NC3(CCNCC3)C2=O)c1. The third-order valence-electron chi connectivity index (χ3n) is 4.22. The largest absolute Gasteiger partial charge is 0.478 e. The minimum atomic E-state index is -1.03. The average molecular weight is 303 g/mol. The zero-order valence-corrected chi connectivity index (χ0v) is 12.0. The molecule has 2 saturated heterocycles. The number of amides is 3. The maximum absolute atomic E-state index is 12.6. The molecule has 0 radical (unpaired) electrons. The molecule has 2 aliphatic rings. The van der Waals surface area contributed by atoms with Gasteiger partial charge in [0, 0.05) is 0 Å². The van der Waals surface area contributed by atoms with Gasteiger partial charge < -0.3 is 15.7 Å². The molecule has 0 atom stereocenters. The Hall–Kier alpha value is -2.41. The zero-order valence-electron chi connectivity index (χ0n) is 12.0. The molecular weight excluding hydrogens is 286 g/mol. The monoisotopic (exact) mass is 303 g/mol. The second kappa shape index (κ2) is 5.42. The Balaban J connectivity index is 1.80. The van der Waals surface area contributed by atoms with Crippen LogP contribution in [0.15, 0.2) is 24.3 Å². The normalized spacial score (nSPS) is 20.3. The molecule has 0 aromatic heterocycles. The average Bonchev–Trinajstić information content (AvgIpc) is 2.73. The van der Waals surface area contributed by atoms with Crippen LogP contribution in [0.1, 0.15) is 28.8 Å². The number of hydrogen-bond donors (Lipinski definition) is 3. The Labute approximate surface area is 127 Å². The van der Waals surface area contributed by atoms with Gasteiger partial charge in [0.1, 0.15) is 5.54 Å². The van der Waals surface area contributed by atoms with Crippen LogP contribution in [0.4, 0.5) is 4.79 Å². The highest BCUT2D eigenvalue weighted by Gasteiger charge is 2.51. The molecule has 1 spiro atoms. The fraction of sp³-hybridized carbons (Fsp3) is 0.400. The standard InChI is InChI=1S/C15H17N3O4/c19-12(20)11-3-1-2-10(8-11)9-18-13(21)15(17-14(18)22)4-6-16-7-5-15/h1-3,8,16H,4-7,9H2,(H,17,22)(H,19,20). The number of rotatable bonds is 3. The first-order valence-corrected chi connectivity index (χ1v) is 7.19.